The highest BCUT2D eigenvalue weighted by molar-refractivity contribution is 5.94. The van der Waals surface area contributed by atoms with Gasteiger partial charge in [0.15, 0.2) is 11.6 Å². The Labute approximate surface area is 167 Å². The van der Waals surface area contributed by atoms with Crippen molar-refractivity contribution in [2.45, 2.75) is 13.8 Å². The lowest BCUT2D eigenvalue weighted by atomic mass is 10.1. The van der Waals surface area contributed by atoms with Gasteiger partial charge in [-0.2, -0.15) is 4.98 Å². The van der Waals surface area contributed by atoms with Gasteiger partial charge in [0.05, 0.1) is 5.69 Å². The van der Waals surface area contributed by atoms with E-state index in [9.17, 15) is 4.79 Å². The van der Waals surface area contributed by atoms with E-state index >= 15 is 0 Å². The first-order valence-corrected chi connectivity index (χ1v) is 9.10. The number of carbonyl (C=O) groups is 1. The van der Waals surface area contributed by atoms with E-state index in [1.807, 2.05) is 55.5 Å². The second-order valence-corrected chi connectivity index (χ2v) is 6.53. The summed E-state index contributed by atoms with van der Waals surface area (Å²) >= 11 is 0. The molecule has 2 aromatic heterocycles. The molecule has 0 bridgehead atoms. The van der Waals surface area contributed by atoms with Crippen LogP contribution < -0.4 is 10.6 Å². The smallest absolute Gasteiger partial charge is 0.231 e. The zero-order valence-corrected chi connectivity index (χ0v) is 16.0. The van der Waals surface area contributed by atoms with Crippen LogP contribution in [-0.4, -0.2) is 20.9 Å². The molecule has 7 nitrogen and oxygen atoms in total. The number of carbonyl (C=O) groups excluding carboxylic acids is 1. The van der Waals surface area contributed by atoms with Gasteiger partial charge in [0.2, 0.25) is 5.95 Å². The van der Waals surface area contributed by atoms with Gasteiger partial charge in [0.1, 0.15) is 11.6 Å². The molecule has 0 amide bonds. The monoisotopic (exact) mass is 385 g/mol. The Kier molecular flexibility index (Phi) is 5.03. The van der Waals surface area contributed by atoms with Crippen LogP contribution in [0.15, 0.2) is 71.3 Å². The Bertz CT molecular complexity index is 1140. The molecule has 0 spiro atoms. The third-order valence-electron chi connectivity index (χ3n) is 4.23. The number of ketones is 1. The standard InChI is InChI=1S/C22H19N5O2/c1-14-12-21(27-29-14)26-22-24-19(17-6-4-3-5-7-17)13-20(25-22)23-18-10-8-16(9-11-18)15(2)28/h3-13H,1-2H3,(H2,23,24,25,26,27). The van der Waals surface area contributed by atoms with E-state index in [-0.39, 0.29) is 5.78 Å². The SMILES string of the molecule is CC(=O)c1ccc(Nc2cc(-c3ccccc3)nc(Nc3cc(C)on3)n2)cc1. The first-order valence-electron chi connectivity index (χ1n) is 9.10. The summed E-state index contributed by atoms with van der Waals surface area (Å²) < 4.78 is 5.10. The summed E-state index contributed by atoms with van der Waals surface area (Å²) in [5.74, 6) is 2.25. The van der Waals surface area contributed by atoms with Gasteiger partial charge in [0.25, 0.3) is 0 Å². The number of hydrogen-bond acceptors (Lipinski definition) is 7. The van der Waals surface area contributed by atoms with Crippen molar-refractivity contribution < 1.29 is 9.32 Å². The molecule has 4 aromatic rings. The van der Waals surface area contributed by atoms with Gasteiger partial charge in [-0.15, -0.1) is 0 Å². The largest absolute Gasteiger partial charge is 0.360 e. The highest BCUT2D eigenvalue weighted by atomic mass is 16.5. The number of rotatable bonds is 6. The number of hydrogen-bond donors (Lipinski definition) is 2. The van der Waals surface area contributed by atoms with Crippen molar-refractivity contribution in [1.29, 1.82) is 0 Å². The van der Waals surface area contributed by atoms with Gasteiger partial charge in [-0.3, -0.25) is 4.79 Å². The fourth-order valence-electron chi connectivity index (χ4n) is 2.80. The predicted molar refractivity (Wildman–Crippen MR) is 112 cm³/mol. The number of anilines is 4. The molecule has 0 aliphatic rings. The number of nitrogens with one attached hydrogen (secondary N) is 2. The minimum absolute atomic E-state index is 0.0272. The van der Waals surface area contributed by atoms with E-state index in [0.29, 0.717) is 28.9 Å². The second-order valence-electron chi connectivity index (χ2n) is 6.53. The number of aromatic nitrogens is 3. The summed E-state index contributed by atoms with van der Waals surface area (Å²) in [5, 5.41) is 10.3. The molecule has 2 heterocycles. The molecule has 2 N–H and O–H groups in total. The van der Waals surface area contributed by atoms with Crippen LogP contribution in [0.3, 0.4) is 0 Å². The van der Waals surface area contributed by atoms with E-state index < -0.39 is 0 Å². The molecule has 0 saturated heterocycles. The van der Waals surface area contributed by atoms with Crippen LogP contribution in [0.1, 0.15) is 23.0 Å². The molecular weight excluding hydrogens is 366 g/mol. The molecular formula is C22H19N5O2. The molecule has 29 heavy (non-hydrogen) atoms. The summed E-state index contributed by atoms with van der Waals surface area (Å²) in [5.41, 5.74) is 3.19. The summed E-state index contributed by atoms with van der Waals surface area (Å²) in [7, 11) is 0. The van der Waals surface area contributed by atoms with Crippen molar-refractivity contribution in [3.8, 4) is 11.3 Å². The molecule has 0 unspecified atom stereocenters. The summed E-state index contributed by atoms with van der Waals surface area (Å²) in [4.78, 5) is 20.6. The van der Waals surface area contributed by atoms with Gasteiger partial charge in [-0.1, -0.05) is 35.5 Å². The van der Waals surface area contributed by atoms with Crippen molar-refractivity contribution >= 4 is 29.1 Å². The van der Waals surface area contributed by atoms with Crippen LogP contribution in [0.4, 0.5) is 23.3 Å². The van der Waals surface area contributed by atoms with Crippen molar-refractivity contribution in [2.24, 2.45) is 0 Å². The Hall–Kier alpha value is -4.00. The third-order valence-corrected chi connectivity index (χ3v) is 4.23. The molecule has 144 valence electrons. The van der Waals surface area contributed by atoms with E-state index in [2.05, 4.69) is 25.8 Å². The normalized spacial score (nSPS) is 10.6. The first kappa shape index (κ1) is 18.4. The third kappa shape index (κ3) is 4.47. The van der Waals surface area contributed by atoms with Crippen LogP contribution in [0.2, 0.25) is 0 Å². The Morgan fingerprint density at radius 1 is 0.897 bits per heavy atom. The molecule has 4 rings (SSSR count). The highest BCUT2D eigenvalue weighted by Gasteiger charge is 2.10. The lowest BCUT2D eigenvalue weighted by molar-refractivity contribution is 0.101. The fraction of sp³-hybridized carbons (Fsp3) is 0.0909. The van der Waals surface area contributed by atoms with E-state index in [1.54, 1.807) is 25.1 Å². The van der Waals surface area contributed by atoms with Gasteiger partial charge in [-0.05, 0) is 38.1 Å². The quantitative estimate of drug-likeness (QED) is 0.444. The van der Waals surface area contributed by atoms with Gasteiger partial charge in [-0.25, -0.2) is 4.98 Å². The maximum absolute atomic E-state index is 11.5. The Morgan fingerprint density at radius 3 is 2.31 bits per heavy atom. The van der Waals surface area contributed by atoms with Crippen LogP contribution in [0.25, 0.3) is 11.3 Å². The lowest BCUT2D eigenvalue weighted by Gasteiger charge is -2.11. The highest BCUT2D eigenvalue weighted by Crippen LogP contribution is 2.25. The van der Waals surface area contributed by atoms with Crippen LogP contribution in [0.5, 0.6) is 0 Å². The molecule has 0 saturated carbocycles. The molecule has 0 fully saturated rings. The molecule has 2 aromatic carbocycles. The topological polar surface area (TPSA) is 92.9 Å². The van der Waals surface area contributed by atoms with E-state index in [4.69, 9.17) is 4.52 Å². The summed E-state index contributed by atoms with van der Waals surface area (Å²) in [6, 6.07) is 20.7. The van der Waals surface area contributed by atoms with Crippen molar-refractivity contribution in [3.05, 3.63) is 78.1 Å². The Morgan fingerprint density at radius 2 is 1.66 bits per heavy atom. The lowest BCUT2D eigenvalue weighted by Crippen LogP contribution is -2.03. The zero-order valence-electron chi connectivity index (χ0n) is 16.0. The Balaban J connectivity index is 1.67. The van der Waals surface area contributed by atoms with Crippen LogP contribution in [-0.2, 0) is 0 Å². The molecule has 0 radical (unpaired) electrons. The molecule has 0 atom stereocenters. The first-order chi connectivity index (χ1) is 14.1. The van der Waals surface area contributed by atoms with Crippen molar-refractivity contribution in [2.75, 3.05) is 10.6 Å². The fourth-order valence-corrected chi connectivity index (χ4v) is 2.80. The molecule has 0 aliphatic heterocycles. The molecule has 7 heteroatoms. The number of nitrogens with zero attached hydrogens (tertiary/aromatic N) is 3. The number of Topliss-reactive ketones (excluding diaryl/α,β-unsaturated/α-hetero) is 1. The molecule has 0 aliphatic carbocycles. The summed E-state index contributed by atoms with van der Waals surface area (Å²) in [6.45, 7) is 3.36. The van der Waals surface area contributed by atoms with Gasteiger partial charge < -0.3 is 15.2 Å². The zero-order chi connectivity index (χ0) is 20.2. The van der Waals surface area contributed by atoms with Crippen LogP contribution >= 0.6 is 0 Å². The minimum atomic E-state index is 0.0272. The van der Waals surface area contributed by atoms with Gasteiger partial charge in [0, 0.05) is 28.9 Å². The average molecular weight is 385 g/mol. The number of aryl methyl sites for hydroxylation is 1. The van der Waals surface area contributed by atoms with Crippen molar-refractivity contribution in [1.82, 2.24) is 15.1 Å². The van der Waals surface area contributed by atoms with Crippen LogP contribution in [0, 0.1) is 6.92 Å². The van der Waals surface area contributed by atoms with Gasteiger partial charge >= 0.3 is 0 Å². The number of benzene rings is 2. The summed E-state index contributed by atoms with van der Waals surface area (Å²) in [6.07, 6.45) is 0. The van der Waals surface area contributed by atoms with E-state index in [1.165, 1.54) is 0 Å². The van der Waals surface area contributed by atoms with E-state index in [0.717, 1.165) is 16.9 Å². The van der Waals surface area contributed by atoms with Crippen molar-refractivity contribution in [3.63, 3.8) is 0 Å². The second kappa shape index (κ2) is 7.93. The maximum Gasteiger partial charge on any atom is 0.231 e. The maximum atomic E-state index is 11.5. The average Bonchev–Trinajstić information content (AvgIpc) is 3.13. The minimum Gasteiger partial charge on any atom is -0.360 e. The predicted octanol–water partition coefficient (Wildman–Crippen LogP) is 5.13.